The van der Waals surface area contributed by atoms with Crippen molar-refractivity contribution in [2.24, 2.45) is 0 Å². The lowest BCUT2D eigenvalue weighted by Crippen LogP contribution is -2.49. The van der Waals surface area contributed by atoms with E-state index in [0.717, 1.165) is 15.6 Å². The fraction of sp³-hybridized carbons (Fsp3) is 0.364. The maximum Gasteiger partial charge on any atom is 0.242 e. The molecule has 0 aliphatic carbocycles. The van der Waals surface area contributed by atoms with Gasteiger partial charge in [-0.1, -0.05) is 57.3 Å². The van der Waals surface area contributed by atoms with Crippen LogP contribution in [0.5, 0.6) is 0 Å². The third-order valence-electron chi connectivity index (χ3n) is 4.32. The van der Waals surface area contributed by atoms with Crippen LogP contribution >= 0.6 is 50.9 Å². The molecule has 0 saturated carbocycles. The van der Waals surface area contributed by atoms with Gasteiger partial charge in [0, 0.05) is 22.8 Å². The Morgan fingerprint density at radius 3 is 2.43 bits per heavy atom. The van der Waals surface area contributed by atoms with Gasteiger partial charge < -0.3 is 10.2 Å². The topological polar surface area (TPSA) is 49.4 Å². The first kappa shape index (κ1) is 25.1. The van der Waals surface area contributed by atoms with E-state index in [9.17, 15) is 9.59 Å². The minimum Gasteiger partial charge on any atom is -0.352 e. The highest BCUT2D eigenvalue weighted by Crippen LogP contribution is 2.25. The molecule has 8 heteroatoms. The van der Waals surface area contributed by atoms with Crippen molar-refractivity contribution in [2.75, 3.05) is 5.75 Å². The molecule has 162 valence electrons. The number of carbonyl (C=O) groups excluding carboxylic acids is 2. The Morgan fingerprint density at radius 2 is 1.80 bits per heavy atom. The largest absolute Gasteiger partial charge is 0.352 e. The summed E-state index contributed by atoms with van der Waals surface area (Å²) in [5.74, 6) is 0.627. The van der Waals surface area contributed by atoms with Crippen LogP contribution in [-0.4, -0.2) is 34.6 Å². The third kappa shape index (κ3) is 7.80. The van der Waals surface area contributed by atoms with Gasteiger partial charge in [0.05, 0.1) is 15.8 Å². The molecule has 1 unspecified atom stereocenters. The molecule has 2 aromatic carbocycles. The van der Waals surface area contributed by atoms with Gasteiger partial charge in [0.15, 0.2) is 0 Å². The zero-order chi connectivity index (χ0) is 22.3. The molecule has 0 aromatic heterocycles. The zero-order valence-corrected chi connectivity index (χ0v) is 21.0. The SMILES string of the molecule is CC(C)NC(=O)C(C)N(Cc1cccc(Br)c1)C(=O)CSCc1ccc(Cl)c(Cl)c1. The molecular formula is C22H25BrCl2N2O2S. The summed E-state index contributed by atoms with van der Waals surface area (Å²) in [4.78, 5) is 27.2. The molecule has 0 bridgehead atoms. The van der Waals surface area contributed by atoms with Crippen LogP contribution in [0.15, 0.2) is 46.9 Å². The van der Waals surface area contributed by atoms with Gasteiger partial charge >= 0.3 is 0 Å². The fourth-order valence-electron chi connectivity index (χ4n) is 2.79. The molecular weight excluding hydrogens is 507 g/mol. The molecule has 0 fully saturated rings. The van der Waals surface area contributed by atoms with Crippen LogP contribution in [0.3, 0.4) is 0 Å². The van der Waals surface area contributed by atoms with Crippen molar-refractivity contribution >= 4 is 62.7 Å². The number of thioether (sulfide) groups is 1. The number of hydrogen-bond acceptors (Lipinski definition) is 3. The normalized spacial score (nSPS) is 12.0. The lowest BCUT2D eigenvalue weighted by molar-refractivity contribution is -0.138. The Hall–Kier alpha value is -1.21. The predicted octanol–water partition coefficient (Wildman–Crippen LogP) is 5.93. The van der Waals surface area contributed by atoms with Gasteiger partial charge in [-0.05, 0) is 56.2 Å². The van der Waals surface area contributed by atoms with Crippen molar-refractivity contribution in [3.05, 3.63) is 68.1 Å². The van der Waals surface area contributed by atoms with Crippen molar-refractivity contribution in [2.45, 2.75) is 45.2 Å². The maximum atomic E-state index is 13.0. The standard InChI is InChI=1S/C22H25BrCl2N2O2S/c1-14(2)26-22(29)15(3)27(11-16-5-4-6-18(23)9-16)21(28)13-30-12-17-7-8-19(24)20(25)10-17/h4-10,14-15H,11-13H2,1-3H3,(H,26,29). The molecule has 0 heterocycles. The number of amides is 2. The third-order valence-corrected chi connectivity index (χ3v) is 6.54. The van der Waals surface area contributed by atoms with E-state index >= 15 is 0 Å². The highest BCUT2D eigenvalue weighted by atomic mass is 79.9. The van der Waals surface area contributed by atoms with E-state index in [0.29, 0.717) is 22.3 Å². The molecule has 4 nitrogen and oxygen atoms in total. The summed E-state index contributed by atoms with van der Waals surface area (Å²) in [7, 11) is 0. The van der Waals surface area contributed by atoms with Gasteiger partial charge in [0.25, 0.3) is 0 Å². The van der Waals surface area contributed by atoms with E-state index in [2.05, 4.69) is 21.2 Å². The van der Waals surface area contributed by atoms with E-state index in [1.807, 2.05) is 44.2 Å². The predicted molar refractivity (Wildman–Crippen MR) is 130 cm³/mol. The summed E-state index contributed by atoms with van der Waals surface area (Å²) in [6, 6.07) is 12.6. The zero-order valence-electron chi connectivity index (χ0n) is 17.1. The number of carbonyl (C=O) groups is 2. The average molecular weight is 532 g/mol. The number of nitrogens with zero attached hydrogens (tertiary/aromatic N) is 1. The molecule has 0 aliphatic heterocycles. The van der Waals surface area contributed by atoms with Crippen LogP contribution in [-0.2, 0) is 21.9 Å². The quantitative estimate of drug-likeness (QED) is 0.436. The molecule has 0 aliphatic rings. The Bertz CT molecular complexity index is 895. The number of nitrogens with one attached hydrogen (secondary N) is 1. The smallest absolute Gasteiger partial charge is 0.242 e. The van der Waals surface area contributed by atoms with Gasteiger partial charge in [-0.15, -0.1) is 11.8 Å². The van der Waals surface area contributed by atoms with E-state index in [1.165, 1.54) is 11.8 Å². The molecule has 2 rings (SSSR count). The van der Waals surface area contributed by atoms with E-state index in [1.54, 1.807) is 24.0 Å². The first-order chi connectivity index (χ1) is 14.2. The van der Waals surface area contributed by atoms with Crippen LogP contribution < -0.4 is 5.32 Å². The molecule has 2 amide bonds. The van der Waals surface area contributed by atoms with Crippen LogP contribution in [0.2, 0.25) is 10.0 Å². The number of hydrogen-bond donors (Lipinski definition) is 1. The second-order valence-electron chi connectivity index (χ2n) is 7.23. The van der Waals surface area contributed by atoms with E-state index in [4.69, 9.17) is 23.2 Å². The number of rotatable bonds is 9. The van der Waals surface area contributed by atoms with E-state index in [-0.39, 0.29) is 23.6 Å². The highest BCUT2D eigenvalue weighted by molar-refractivity contribution is 9.10. The van der Waals surface area contributed by atoms with Crippen molar-refractivity contribution in [3.63, 3.8) is 0 Å². The Kier molecular flexibility index (Phi) is 10.0. The second-order valence-corrected chi connectivity index (χ2v) is 9.95. The Labute approximate surface area is 200 Å². The fourth-order valence-corrected chi connectivity index (χ4v) is 4.41. The average Bonchev–Trinajstić information content (AvgIpc) is 2.67. The van der Waals surface area contributed by atoms with Gasteiger partial charge in [0.1, 0.15) is 6.04 Å². The Morgan fingerprint density at radius 1 is 1.07 bits per heavy atom. The lowest BCUT2D eigenvalue weighted by Gasteiger charge is -2.29. The highest BCUT2D eigenvalue weighted by Gasteiger charge is 2.26. The molecule has 1 atom stereocenters. The first-order valence-corrected chi connectivity index (χ1v) is 12.2. The lowest BCUT2D eigenvalue weighted by atomic mass is 10.1. The molecule has 30 heavy (non-hydrogen) atoms. The van der Waals surface area contributed by atoms with Crippen LogP contribution in [0.4, 0.5) is 0 Å². The molecule has 0 spiro atoms. The summed E-state index contributed by atoms with van der Waals surface area (Å²) < 4.78 is 0.931. The van der Waals surface area contributed by atoms with Crippen LogP contribution in [0, 0.1) is 0 Å². The summed E-state index contributed by atoms with van der Waals surface area (Å²) in [6.07, 6.45) is 0. The summed E-state index contributed by atoms with van der Waals surface area (Å²) in [5, 5.41) is 3.90. The van der Waals surface area contributed by atoms with Crippen molar-refractivity contribution in [1.82, 2.24) is 10.2 Å². The number of benzene rings is 2. The molecule has 2 aromatic rings. The van der Waals surface area contributed by atoms with Gasteiger partial charge in [-0.2, -0.15) is 0 Å². The van der Waals surface area contributed by atoms with Gasteiger partial charge in [-0.25, -0.2) is 0 Å². The van der Waals surface area contributed by atoms with Crippen molar-refractivity contribution in [3.8, 4) is 0 Å². The molecule has 1 N–H and O–H groups in total. The number of halogens is 3. The minimum absolute atomic E-state index is 0.00630. The van der Waals surface area contributed by atoms with Crippen LogP contribution in [0.25, 0.3) is 0 Å². The summed E-state index contributed by atoms with van der Waals surface area (Å²) in [6.45, 7) is 5.92. The Balaban J connectivity index is 2.08. The monoisotopic (exact) mass is 530 g/mol. The minimum atomic E-state index is -0.579. The van der Waals surface area contributed by atoms with Crippen molar-refractivity contribution in [1.29, 1.82) is 0 Å². The maximum absolute atomic E-state index is 13.0. The molecule has 0 radical (unpaired) electrons. The van der Waals surface area contributed by atoms with E-state index < -0.39 is 6.04 Å². The second kappa shape index (κ2) is 12.0. The van der Waals surface area contributed by atoms with Gasteiger partial charge in [0.2, 0.25) is 11.8 Å². The van der Waals surface area contributed by atoms with Gasteiger partial charge in [-0.3, -0.25) is 9.59 Å². The summed E-state index contributed by atoms with van der Waals surface area (Å²) in [5.41, 5.74) is 1.95. The first-order valence-electron chi connectivity index (χ1n) is 9.53. The summed E-state index contributed by atoms with van der Waals surface area (Å²) >= 11 is 17.0. The molecule has 0 saturated heterocycles. The van der Waals surface area contributed by atoms with Crippen molar-refractivity contribution < 1.29 is 9.59 Å². The van der Waals surface area contributed by atoms with Crippen LogP contribution in [0.1, 0.15) is 31.9 Å².